The molecular formula is C26H34F3N7O2. The Morgan fingerprint density at radius 1 is 1.05 bits per heavy atom. The van der Waals surface area contributed by atoms with E-state index in [-0.39, 0.29) is 17.8 Å². The molecule has 0 spiro atoms. The van der Waals surface area contributed by atoms with Crippen LogP contribution in [0.1, 0.15) is 56.2 Å². The number of fused-ring (bicyclic) bond motifs is 1. The number of piperidine rings is 1. The number of likely N-dealkylation sites (tertiary alicyclic amines) is 1. The molecule has 12 heteroatoms. The van der Waals surface area contributed by atoms with Gasteiger partial charge in [-0.05, 0) is 43.4 Å². The minimum Gasteiger partial charge on any atom is -0.492 e. The van der Waals surface area contributed by atoms with Crippen molar-refractivity contribution in [2.45, 2.75) is 57.7 Å². The highest BCUT2D eigenvalue weighted by Crippen LogP contribution is 2.32. The molecule has 0 bridgehead atoms. The maximum Gasteiger partial charge on any atom is 0.453 e. The molecule has 1 amide bonds. The average molecular weight is 534 g/mol. The van der Waals surface area contributed by atoms with Gasteiger partial charge in [0.25, 0.3) is 5.82 Å². The number of aromatic nitrogens is 3. The van der Waals surface area contributed by atoms with Crippen LogP contribution >= 0.6 is 0 Å². The minimum atomic E-state index is -4.58. The highest BCUT2D eigenvalue weighted by atomic mass is 19.4. The van der Waals surface area contributed by atoms with Gasteiger partial charge in [-0.25, -0.2) is 0 Å². The number of ether oxygens (including phenoxy) is 1. The van der Waals surface area contributed by atoms with E-state index in [2.05, 4.69) is 44.2 Å². The summed E-state index contributed by atoms with van der Waals surface area (Å²) >= 11 is 0. The summed E-state index contributed by atoms with van der Waals surface area (Å²) in [7, 11) is 0. The average Bonchev–Trinajstić information content (AvgIpc) is 3.33. The fourth-order valence-electron chi connectivity index (χ4n) is 5.66. The molecule has 2 fully saturated rings. The molecule has 1 aromatic carbocycles. The fourth-order valence-corrected chi connectivity index (χ4v) is 5.66. The van der Waals surface area contributed by atoms with Crippen molar-refractivity contribution in [3.63, 3.8) is 0 Å². The normalized spacial score (nSPS) is 21.3. The van der Waals surface area contributed by atoms with Crippen LogP contribution in [0.25, 0.3) is 0 Å². The highest BCUT2D eigenvalue weighted by molar-refractivity contribution is 5.83. The second kappa shape index (κ2) is 10.9. The van der Waals surface area contributed by atoms with Crippen LogP contribution in [0.3, 0.4) is 0 Å². The van der Waals surface area contributed by atoms with E-state index in [1.807, 2.05) is 17.0 Å². The first-order valence-electron chi connectivity index (χ1n) is 13.3. The second-order valence-corrected chi connectivity index (χ2v) is 10.3. The van der Waals surface area contributed by atoms with Gasteiger partial charge in [-0.3, -0.25) is 9.69 Å². The first-order chi connectivity index (χ1) is 18.2. The van der Waals surface area contributed by atoms with Crippen molar-refractivity contribution in [2.75, 3.05) is 45.9 Å². The van der Waals surface area contributed by atoms with Crippen molar-refractivity contribution in [1.82, 2.24) is 29.6 Å². The second-order valence-electron chi connectivity index (χ2n) is 10.3. The van der Waals surface area contributed by atoms with Gasteiger partial charge in [0.1, 0.15) is 18.2 Å². The van der Waals surface area contributed by atoms with Gasteiger partial charge in [0.2, 0.25) is 5.91 Å². The Morgan fingerprint density at radius 2 is 1.79 bits per heavy atom. The van der Waals surface area contributed by atoms with Crippen LogP contribution in [0.15, 0.2) is 29.4 Å². The lowest BCUT2D eigenvalue weighted by molar-refractivity contribution is -0.147. The highest BCUT2D eigenvalue weighted by Gasteiger charge is 2.40. The van der Waals surface area contributed by atoms with Crippen molar-refractivity contribution in [2.24, 2.45) is 5.10 Å². The van der Waals surface area contributed by atoms with Gasteiger partial charge in [-0.15, -0.1) is 10.2 Å². The molecule has 3 aliphatic heterocycles. The summed E-state index contributed by atoms with van der Waals surface area (Å²) in [5, 5.41) is 11.2. The summed E-state index contributed by atoms with van der Waals surface area (Å²) < 4.78 is 46.5. The quantitative estimate of drug-likeness (QED) is 0.588. The predicted molar refractivity (Wildman–Crippen MR) is 135 cm³/mol. The molecule has 2 aromatic rings. The lowest BCUT2D eigenvalue weighted by Gasteiger charge is -2.39. The number of piperazine rings is 1. The first kappa shape index (κ1) is 26.5. The zero-order valence-corrected chi connectivity index (χ0v) is 21.8. The van der Waals surface area contributed by atoms with Gasteiger partial charge in [0.15, 0.2) is 5.82 Å². The van der Waals surface area contributed by atoms with Gasteiger partial charge in [0.05, 0.1) is 0 Å². The number of hydrogen-bond acceptors (Lipinski definition) is 7. The molecule has 1 atom stereocenters. The zero-order chi connectivity index (χ0) is 26.9. The molecule has 0 N–H and O–H groups in total. The van der Waals surface area contributed by atoms with Crippen LogP contribution in [0.2, 0.25) is 0 Å². The number of hydrogen-bond donors (Lipinski definition) is 0. The number of amides is 1. The number of nitrogens with zero attached hydrogens (tertiary/aromatic N) is 7. The van der Waals surface area contributed by atoms with Crippen LogP contribution in [0.5, 0.6) is 5.75 Å². The van der Waals surface area contributed by atoms with Gasteiger partial charge < -0.3 is 14.5 Å². The summed E-state index contributed by atoms with van der Waals surface area (Å²) in [6.07, 6.45) is -1.80. The van der Waals surface area contributed by atoms with Crippen LogP contribution < -0.4 is 4.74 Å². The molecule has 38 heavy (non-hydrogen) atoms. The maximum atomic E-state index is 13.2. The molecule has 0 aliphatic carbocycles. The Labute approximate surface area is 220 Å². The number of carbonyl (C=O) groups excluding carboxylic acids is 1. The Morgan fingerprint density at radius 3 is 2.45 bits per heavy atom. The lowest BCUT2D eigenvalue weighted by atomic mass is 9.89. The van der Waals surface area contributed by atoms with Crippen molar-refractivity contribution in [3.05, 3.63) is 41.5 Å². The molecule has 0 saturated carbocycles. The Hall–Kier alpha value is -3.15. The van der Waals surface area contributed by atoms with Gasteiger partial charge in [-0.2, -0.15) is 22.9 Å². The Balaban J connectivity index is 1.09. The summed E-state index contributed by atoms with van der Waals surface area (Å²) in [5.74, 6) is 1.22. The smallest absolute Gasteiger partial charge is 0.453 e. The monoisotopic (exact) mass is 533 g/mol. The molecule has 206 valence electrons. The van der Waals surface area contributed by atoms with Gasteiger partial charge in [-0.1, -0.05) is 12.1 Å². The number of rotatable bonds is 5. The molecule has 2 saturated heterocycles. The third-order valence-corrected chi connectivity index (χ3v) is 7.75. The molecule has 0 unspecified atom stereocenters. The predicted octanol–water partition coefficient (Wildman–Crippen LogP) is 3.22. The number of aryl methyl sites for hydroxylation is 1. The lowest BCUT2D eigenvalue weighted by Crippen LogP contribution is -2.54. The number of amidine groups is 1. The number of benzene rings is 1. The number of alkyl halides is 3. The first-order valence-corrected chi connectivity index (χ1v) is 13.3. The molecule has 9 nitrogen and oxygen atoms in total. The minimum absolute atomic E-state index is 0.132. The molecule has 5 rings (SSSR count). The van der Waals surface area contributed by atoms with E-state index >= 15 is 0 Å². The van der Waals surface area contributed by atoms with Crippen LogP contribution in [-0.4, -0.2) is 93.2 Å². The fraction of sp³-hybridized carbons (Fsp3) is 0.615. The van der Waals surface area contributed by atoms with Crippen molar-refractivity contribution in [3.8, 4) is 5.75 Å². The van der Waals surface area contributed by atoms with Crippen molar-refractivity contribution < 1.29 is 22.7 Å². The van der Waals surface area contributed by atoms with E-state index in [0.29, 0.717) is 31.2 Å². The molecule has 3 aliphatic rings. The SMILES string of the molecule is CC(=O)N1CCN(CCOc2ccc(C3CCN(C4=Nn5c(nnc5C(F)(F)F)CC4)CC3)cc2)C[C@H]1C. The molecular weight excluding hydrogens is 499 g/mol. The van der Waals surface area contributed by atoms with E-state index in [4.69, 9.17) is 4.74 Å². The van der Waals surface area contributed by atoms with E-state index in [1.165, 1.54) is 5.56 Å². The van der Waals surface area contributed by atoms with Crippen LogP contribution in [0.4, 0.5) is 13.2 Å². The van der Waals surface area contributed by atoms with Crippen LogP contribution in [-0.2, 0) is 17.4 Å². The Kier molecular flexibility index (Phi) is 7.60. The van der Waals surface area contributed by atoms with E-state index in [1.54, 1.807) is 6.92 Å². The summed E-state index contributed by atoms with van der Waals surface area (Å²) in [6.45, 7) is 9.09. The zero-order valence-electron chi connectivity index (χ0n) is 21.8. The third kappa shape index (κ3) is 5.79. The topological polar surface area (TPSA) is 79.1 Å². The standard InChI is InChI=1S/C26H34F3N7O2/c1-18-17-33(13-14-35(18)19(2)37)15-16-38-22-5-3-20(4-6-22)21-9-11-34(12-10-21)24-8-7-23-30-31-25(26(27,28)29)36(23)32-24/h3-6,18,21H,7-17H2,1-2H3/t18-/m1/s1. The van der Waals surface area contributed by atoms with E-state index < -0.39 is 12.0 Å². The number of halogens is 3. The Bertz CT molecular complexity index is 1160. The van der Waals surface area contributed by atoms with E-state index in [0.717, 1.165) is 62.5 Å². The summed E-state index contributed by atoms with van der Waals surface area (Å²) in [6, 6.07) is 8.46. The molecule has 0 radical (unpaired) electrons. The summed E-state index contributed by atoms with van der Waals surface area (Å²) in [5.41, 5.74) is 1.25. The maximum absolute atomic E-state index is 13.2. The van der Waals surface area contributed by atoms with Crippen molar-refractivity contribution >= 4 is 11.7 Å². The third-order valence-electron chi connectivity index (χ3n) is 7.75. The van der Waals surface area contributed by atoms with Gasteiger partial charge >= 0.3 is 6.18 Å². The van der Waals surface area contributed by atoms with Crippen molar-refractivity contribution in [1.29, 1.82) is 0 Å². The van der Waals surface area contributed by atoms with E-state index in [9.17, 15) is 18.0 Å². The molecule has 4 heterocycles. The summed E-state index contributed by atoms with van der Waals surface area (Å²) in [4.78, 5) is 18.0. The van der Waals surface area contributed by atoms with Gasteiger partial charge in [0, 0.05) is 65.1 Å². The largest absolute Gasteiger partial charge is 0.492 e. The number of carbonyl (C=O) groups is 1. The van der Waals surface area contributed by atoms with Crippen LogP contribution in [0, 0.1) is 0 Å². The molecule has 1 aromatic heterocycles.